The van der Waals surface area contributed by atoms with Gasteiger partial charge in [-0.25, -0.2) is 9.37 Å². The Labute approximate surface area is 195 Å². The van der Waals surface area contributed by atoms with Crippen molar-refractivity contribution in [3.05, 3.63) is 87.1 Å². The molecule has 0 bridgehead atoms. The number of nitrogens with one attached hydrogen (secondary N) is 2. The van der Waals surface area contributed by atoms with Gasteiger partial charge in [-0.15, -0.1) is 0 Å². The topological polar surface area (TPSA) is 87.3 Å². The first-order valence-corrected chi connectivity index (χ1v) is 11.6. The van der Waals surface area contributed by atoms with Gasteiger partial charge in [0.15, 0.2) is 5.16 Å². The molecule has 7 nitrogen and oxygen atoms in total. The van der Waals surface area contributed by atoms with Crippen molar-refractivity contribution >= 4 is 17.7 Å². The van der Waals surface area contributed by atoms with Gasteiger partial charge >= 0.3 is 0 Å². The van der Waals surface area contributed by atoms with E-state index in [0.29, 0.717) is 36.8 Å². The van der Waals surface area contributed by atoms with Gasteiger partial charge in [0.2, 0.25) is 5.91 Å². The van der Waals surface area contributed by atoms with Crippen LogP contribution >= 0.6 is 11.8 Å². The Bertz CT molecular complexity index is 1180. The van der Waals surface area contributed by atoms with E-state index in [-0.39, 0.29) is 23.0 Å². The summed E-state index contributed by atoms with van der Waals surface area (Å²) in [4.78, 5) is 34.4. The van der Waals surface area contributed by atoms with Crippen LogP contribution in [0.5, 0.6) is 5.75 Å². The van der Waals surface area contributed by atoms with Crippen LogP contribution in [-0.2, 0) is 30.8 Å². The Morgan fingerprint density at radius 2 is 2.06 bits per heavy atom. The molecule has 9 heteroatoms. The predicted octanol–water partition coefficient (Wildman–Crippen LogP) is 2.88. The highest BCUT2D eigenvalue weighted by atomic mass is 32.2. The molecule has 0 radical (unpaired) electrons. The molecule has 3 aromatic rings. The number of fused-ring (bicyclic) bond motifs is 1. The number of benzene rings is 2. The Kier molecular flexibility index (Phi) is 7.41. The van der Waals surface area contributed by atoms with E-state index in [1.807, 2.05) is 24.3 Å². The minimum absolute atomic E-state index is 0.145. The third-order valence-corrected chi connectivity index (χ3v) is 6.28. The fraction of sp³-hybridized carbons (Fsp3) is 0.292. The number of aromatic amines is 1. The number of thioether (sulfide) groups is 1. The number of nitrogens with zero attached hydrogens (tertiary/aromatic N) is 2. The predicted molar refractivity (Wildman–Crippen MR) is 125 cm³/mol. The Hall–Kier alpha value is -3.17. The summed E-state index contributed by atoms with van der Waals surface area (Å²) in [5.74, 6) is 0.488. The molecule has 1 aliphatic heterocycles. The summed E-state index contributed by atoms with van der Waals surface area (Å²) in [5, 5.41) is 3.31. The van der Waals surface area contributed by atoms with Gasteiger partial charge in [0.05, 0.1) is 24.1 Å². The van der Waals surface area contributed by atoms with Crippen LogP contribution < -0.4 is 15.6 Å². The number of carbonyl (C=O) groups excluding carboxylic acids is 1. The molecule has 0 atom stereocenters. The van der Waals surface area contributed by atoms with E-state index in [1.165, 1.54) is 23.9 Å². The van der Waals surface area contributed by atoms with Crippen molar-refractivity contribution in [1.82, 2.24) is 20.2 Å². The summed E-state index contributed by atoms with van der Waals surface area (Å²) in [5.41, 5.74) is 3.18. The molecule has 2 aromatic carbocycles. The van der Waals surface area contributed by atoms with Gasteiger partial charge in [-0.3, -0.25) is 14.5 Å². The minimum atomic E-state index is -0.262. The second-order valence-electron chi connectivity index (χ2n) is 7.80. The molecule has 0 aliphatic carbocycles. The Morgan fingerprint density at radius 3 is 2.85 bits per heavy atom. The second-order valence-corrected chi connectivity index (χ2v) is 8.76. The van der Waals surface area contributed by atoms with E-state index in [2.05, 4.69) is 20.2 Å². The van der Waals surface area contributed by atoms with Crippen molar-refractivity contribution in [1.29, 1.82) is 0 Å². The molecule has 0 spiro atoms. The van der Waals surface area contributed by atoms with Crippen LogP contribution in [0.2, 0.25) is 0 Å². The lowest BCUT2D eigenvalue weighted by Crippen LogP contribution is -2.35. The summed E-state index contributed by atoms with van der Waals surface area (Å²) < 4.78 is 18.3. The number of rotatable bonds is 8. The molecule has 1 amide bonds. The number of halogens is 1. The summed E-state index contributed by atoms with van der Waals surface area (Å²) in [6.07, 6.45) is 0.649. The average Bonchev–Trinajstić information content (AvgIpc) is 2.83. The summed E-state index contributed by atoms with van der Waals surface area (Å²) in [6, 6.07) is 13.9. The monoisotopic (exact) mass is 468 g/mol. The summed E-state index contributed by atoms with van der Waals surface area (Å²) >= 11 is 1.21. The highest BCUT2D eigenvalue weighted by Gasteiger charge is 2.21. The normalized spacial score (nSPS) is 13.4. The molecule has 33 heavy (non-hydrogen) atoms. The Balaban J connectivity index is 1.31. The van der Waals surface area contributed by atoms with Crippen molar-refractivity contribution in [2.75, 3.05) is 19.4 Å². The zero-order valence-corrected chi connectivity index (χ0v) is 19.1. The number of methoxy groups -OCH3 is 1. The molecular weight excluding hydrogens is 443 g/mol. The number of aromatic nitrogens is 2. The van der Waals surface area contributed by atoms with Crippen molar-refractivity contribution in [2.45, 2.75) is 31.2 Å². The molecule has 0 fully saturated rings. The first-order valence-electron chi connectivity index (χ1n) is 10.6. The van der Waals surface area contributed by atoms with Gasteiger partial charge in [0.25, 0.3) is 5.56 Å². The lowest BCUT2D eigenvalue weighted by atomic mass is 10.1. The van der Waals surface area contributed by atoms with Gasteiger partial charge in [-0.2, -0.15) is 0 Å². The van der Waals surface area contributed by atoms with Gasteiger partial charge in [0.1, 0.15) is 11.6 Å². The van der Waals surface area contributed by atoms with Crippen LogP contribution in [0.25, 0.3) is 0 Å². The van der Waals surface area contributed by atoms with Crippen LogP contribution in [0.4, 0.5) is 4.39 Å². The van der Waals surface area contributed by atoms with Crippen LogP contribution in [0.1, 0.15) is 22.4 Å². The second kappa shape index (κ2) is 10.6. The lowest BCUT2D eigenvalue weighted by Gasteiger charge is -2.27. The van der Waals surface area contributed by atoms with E-state index in [1.54, 1.807) is 19.2 Å². The van der Waals surface area contributed by atoms with Crippen LogP contribution in [-0.4, -0.2) is 40.2 Å². The number of hydrogen-bond donors (Lipinski definition) is 2. The van der Waals surface area contributed by atoms with E-state index < -0.39 is 0 Å². The smallest absolute Gasteiger partial charge is 0.256 e. The van der Waals surface area contributed by atoms with Crippen LogP contribution in [0.3, 0.4) is 0 Å². The first-order chi connectivity index (χ1) is 16.0. The maximum Gasteiger partial charge on any atom is 0.256 e. The molecule has 0 saturated carbocycles. The third-order valence-electron chi connectivity index (χ3n) is 5.41. The van der Waals surface area contributed by atoms with Crippen molar-refractivity contribution in [3.63, 3.8) is 0 Å². The zero-order chi connectivity index (χ0) is 23.2. The molecule has 1 aromatic heterocycles. The highest BCUT2D eigenvalue weighted by Crippen LogP contribution is 2.20. The maximum absolute atomic E-state index is 13.1. The average molecular weight is 469 g/mol. The van der Waals surface area contributed by atoms with E-state index in [4.69, 9.17) is 4.74 Å². The largest absolute Gasteiger partial charge is 0.497 e. The van der Waals surface area contributed by atoms with Crippen molar-refractivity contribution in [2.24, 2.45) is 0 Å². The zero-order valence-electron chi connectivity index (χ0n) is 18.3. The molecule has 172 valence electrons. The Morgan fingerprint density at radius 1 is 1.24 bits per heavy atom. The lowest BCUT2D eigenvalue weighted by molar-refractivity contribution is -0.118. The number of hydrogen-bond acceptors (Lipinski definition) is 6. The molecular formula is C24H25FN4O3S. The van der Waals surface area contributed by atoms with Gasteiger partial charge < -0.3 is 15.0 Å². The van der Waals surface area contributed by atoms with Crippen molar-refractivity contribution < 1.29 is 13.9 Å². The quantitative estimate of drug-likeness (QED) is 0.391. The number of H-pyrrole nitrogens is 1. The number of amides is 1. The van der Waals surface area contributed by atoms with E-state index in [0.717, 1.165) is 29.1 Å². The minimum Gasteiger partial charge on any atom is -0.497 e. The molecule has 4 rings (SSSR count). The summed E-state index contributed by atoms with van der Waals surface area (Å²) in [6.45, 7) is 2.28. The highest BCUT2D eigenvalue weighted by molar-refractivity contribution is 7.99. The van der Waals surface area contributed by atoms with Gasteiger partial charge in [0, 0.05) is 32.6 Å². The number of ether oxygens (including phenoxy) is 1. The molecule has 2 N–H and O–H groups in total. The molecule has 2 heterocycles. The maximum atomic E-state index is 13.1. The van der Waals surface area contributed by atoms with E-state index >= 15 is 0 Å². The summed E-state index contributed by atoms with van der Waals surface area (Å²) in [7, 11) is 1.60. The van der Waals surface area contributed by atoms with Gasteiger partial charge in [-0.05, 0) is 35.4 Å². The molecule has 1 aliphatic rings. The SMILES string of the molecule is COc1cccc(CNC(=O)CSc2nc3c(c(=O)[nH]2)CN(Cc2ccc(F)cc2)CC3)c1. The van der Waals surface area contributed by atoms with Crippen molar-refractivity contribution in [3.8, 4) is 5.75 Å². The fourth-order valence-electron chi connectivity index (χ4n) is 3.68. The third kappa shape index (κ3) is 6.21. The standard InChI is InChI=1S/C24H25FN4O3S/c1-32-19-4-2-3-17(11-19)12-26-22(30)15-33-24-27-21-9-10-29(14-20(21)23(31)28-24)13-16-5-7-18(25)8-6-16/h2-8,11H,9-10,12-15H2,1H3,(H,26,30)(H,27,28,31). The van der Waals surface area contributed by atoms with E-state index in [9.17, 15) is 14.0 Å². The van der Waals surface area contributed by atoms with Gasteiger partial charge in [-0.1, -0.05) is 36.0 Å². The fourth-order valence-corrected chi connectivity index (χ4v) is 4.39. The van der Waals surface area contributed by atoms with Crippen LogP contribution in [0, 0.1) is 5.82 Å². The molecule has 0 saturated heterocycles. The molecule has 0 unspecified atom stereocenters. The van der Waals surface area contributed by atoms with Crippen LogP contribution in [0.15, 0.2) is 58.5 Å². The number of carbonyl (C=O) groups is 1. The first kappa shape index (κ1) is 23.0.